The number of rotatable bonds is 6. The van der Waals surface area contributed by atoms with Gasteiger partial charge in [0.25, 0.3) is 0 Å². The highest BCUT2D eigenvalue weighted by Gasteiger charge is 2.33. The average molecular weight is 443 g/mol. The molecule has 1 saturated heterocycles. The van der Waals surface area contributed by atoms with Crippen LogP contribution in [-0.2, 0) is 16.1 Å². The summed E-state index contributed by atoms with van der Waals surface area (Å²) in [4.78, 5) is 14.4. The number of hydrogen-bond donors (Lipinski definition) is 1. The summed E-state index contributed by atoms with van der Waals surface area (Å²) in [6.45, 7) is 5.90. The van der Waals surface area contributed by atoms with Crippen molar-refractivity contribution in [1.82, 2.24) is 14.8 Å². The van der Waals surface area contributed by atoms with E-state index in [9.17, 15) is 18.0 Å². The first-order valence-electron chi connectivity index (χ1n) is 9.51. The van der Waals surface area contributed by atoms with E-state index in [0.29, 0.717) is 32.0 Å². The number of benzene rings is 1. The molecular weight excluding hydrogens is 419 g/mol. The van der Waals surface area contributed by atoms with Crippen molar-refractivity contribution in [2.45, 2.75) is 43.9 Å². The summed E-state index contributed by atoms with van der Waals surface area (Å²) < 4.78 is 45.9. The number of carbonyl (C=O) groups excluding carboxylic acids is 1. The van der Waals surface area contributed by atoms with E-state index in [4.69, 9.17) is 4.74 Å². The van der Waals surface area contributed by atoms with Gasteiger partial charge in [-0.05, 0) is 38.0 Å². The van der Waals surface area contributed by atoms with Crippen molar-refractivity contribution in [3.63, 3.8) is 0 Å². The first kappa shape index (κ1) is 22.4. The van der Waals surface area contributed by atoms with Crippen molar-refractivity contribution >= 4 is 29.3 Å². The van der Waals surface area contributed by atoms with Crippen molar-refractivity contribution in [2.75, 3.05) is 36.5 Å². The van der Waals surface area contributed by atoms with Gasteiger partial charge in [0.2, 0.25) is 11.9 Å². The molecule has 1 aliphatic rings. The maximum Gasteiger partial charge on any atom is 0.406 e. The van der Waals surface area contributed by atoms with Gasteiger partial charge in [-0.2, -0.15) is 13.2 Å². The standard InChI is InChI=1S/C19H24F3N5O2S/c1-12-4-5-13(2)15(10-12)23-16(28)14(3)30-18-25-24-17(26-6-8-29-9-7-26)27(18)11-19(20,21)22/h4-5,10,14H,6-9,11H2,1-3H3,(H,23,28). The molecule has 1 aliphatic heterocycles. The Labute approximate surface area is 177 Å². The second kappa shape index (κ2) is 9.25. The van der Waals surface area contributed by atoms with E-state index in [-0.39, 0.29) is 17.0 Å². The van der Waals surface area contributed by atoms with E-state index in [0.717, 1.165) is 27.5 Å². The molecule has 11 heteroatoms. The lowest BCUT2D eigenvalue weighted by Crippen LogP contribution is -2.38. The SMILES string of the molecule is Cc1ccc(C)c(NC(=O)C(C)Sc2nnc(N3CCOCC3)n2CC(F)(F)F)c1. The van der Waals surface area contributed by atoms with Crippen LogP contribution in [0, 0.1) is 13.8 Å². The molecule has 2 aromatic rings. The summed E-state index contributed by atoms with van der Waals surface area (Å²) in [6.07, 6.45) is -4.44. The molecule has 1 amide bonds. The summed E-state index contributed by atoms with van der Waals surface area (Å²) in [5, 5.41) is 10.2. The van der Waals surface area contributed by atoms with Crippen molar-refractivity contribution in [2.24, 2.45) is 0 Å². The molecule has 1 N–H and O–H groups in total. The first-order chi connectivity index (χ1) is 14.1. The number of morpholine rings is 1. The topological polar surface area (TPSA) is 72.3 Å². The Morgan fingerprint density at radius 2 is 1.97 bits per heavy atom. The maximum absolute atomic E-state index is 13.2. The Hall–Kier alpha value is -2.27. The second-order valence-corrected chi connectivity index (χ2v) is 8.46. The molecule has 0 spiro atoms. The Bertz CT molecular complexity index is 897. The van der Waals surface area contributed by atoms with Crippen LogP contribution < -0.4 is 10.2 Å². The number of amides is 1. The quantitative estimate of drug-likeness (QED) is 0.690. The third-order valence-electron chi connectivity index (χ3n) is 4.63. The summed E-state index contributed by atoms with van der Waals surface area (Å²) in [5.74, 6) is -0.177. The highest BCUT2D eigenvalue weighted by molar-refractivity contribution is 8.00. The van der Waals surface area contributed by atoms with Crippen LogP contribution in [0.25, 0.3) is 0 Å². The monoisotopic (exact) mass is 443 g/mol. The van der Waals surface area contributed by atoms with Crippen molar-refractivity contribution in [3.8, 4) is 0 Å². The van der Waals surface area contributed by atoms with Crippen LogP contribution in [0.15, 0.2) is 23.4 Å². The molecule has 30 heavy (non-hydrogen) atoms. The first-order valence-corrected chi connectivity index (χ1v) is 10.4. The van der Waals surface area contributed by atoms with Crippen LogP contribution in [0.4, 0.5) is 24.8 Å². The minimum Gasteiger partial charge on any atom is -0.378 e. The molecule has 7 nitrogen and oxygen atoms in total. The zero-order chi connectivity index (χ0) is 21.9. The minimum absolute atomic E-state index is 0.0532. The largest absolute Gasteiger partial charge is 0.406 e. The Morgan fingerprint density at radius 1 is 1.27 bits per heavy atom. The molecule has 164 valence electrons. The van der Waals surface area contributed by atoms with Crippen molar-refractivity contribution < 1.29 is 22.7 Å². The molecular formula is C19H24F3N5O2S. The fourth-order valence-corrected chi connectivity index (χ4v) is 3.84. The van der Waals surface area contributed by atoms with Gasteiger partial charge in [0.15, 0.2) is 5.16 Å². The Balaban J connectivity index is 1.78. The van der Waals surface area contributed by atoms with Gasteiger partial charge in [0.05, 0.1) is 18.5 Å². The van der Waals surface area contributed by atoms with E-state index < -0.39 is 18.0 Å². The lowest BCUT2D eigenvalue weighted by Gasteiger charge is -2.28. The van der Waals surface area contributed by atoms with Crippen molar-refractivity contribution in [1.29, 1.82) is 0 Å². The molecule has 0 bridgehead atoms. The lowest BCUT2D eigenvalue weighted by atomic mass is 10.1. The van der Waals surface area contributed by atoms with E-state index in [1.165, 1.54) is 0 Å². The van der Waals surface area contributed by atoms with Gasteiger partial charge in [0, 0.05) is 18.8 Å². The van der Waals surface area contributed by atoms with E-state index in [1.54, 1.807) is 11.8 Å². The highest BCUT2D eigenvalue weighted by atomic mass is 32.2. The lowest BCUT2D eigenvalue weighted by molar-refractivity contribution is -0.141. The average Bonchev–Trinajstić information content (AvgIpc) is 3.05. The number of nitrogens with one attached hydrogen (secondary N) is 1. The third-order valence-corrected chi connectivity index (χ3v) is 5.71. The third kappa shape index (κ3) is 5.66. The number of carbonyl (C=O) groups is 1. The van der Waals surface area contributed by atoms with Gasteiger partial charge in [-0.3, -0.25) is 9.36 Å². The van der Waals surface area contributed by atoms with E-state index >= 15 is 0 Å². The zero-order valence-corrected chi connectivity index (χ0v) is 17.8. The molecule has 1 atom stereocenters. The summed E-state index contributed by atoms with van der Waals surface area (Å²) in [6, 6.07) is 5.70. The van der Waals surface area contributed by atoms with Gasteiger partial charge in [-0.15, -0.1) is 10.2 Å². The number of nitrogens with zero attached hydrogens (tertiary/aromatic N) is 4. The predicted octanol–water partition coefficient (Wildman–Crippen LogP) is 3.41. The van der Waals surface area contributed by atoms with E-state index in [2.05, 4.69) is 15.5 Å². The number of aryl methyl sites for hydroxylation is 2. The van der Waals surface area contributed by atoms with Crippen LogP contribution in [0.2, 0.25) is 0 Å². The summed E-state index contributed by atoms with van der Waals surface area (Å²) in [5.41, 5.74) is 2.58. The Kier molecular flexibility index (Phi) is 6.91. The summed E-state index contributed by atoms with van der Waals surface area (Å²) >= 11 is 0.953. The highest BCUT2D eigenvalue weighted by Crippen LogP contribution is 2.30. The van der Waals surface area contributed by atoms with Gasteiger partial charge < -0.3 is 15.0 Å². The molecule has 1 aromatic heterocycles. The smallest absolute Gasteiger partial charge is 0.378 e. The number of aromatic nitrogens is 3. The maximum atomic E-state index is 13.2. The molecule has 1 unspecified atom stereocenters. The fourth-order valence-electron chi connectivity index (χ4n) is 3.00. The molecule has 0 radical (unpaired) electrons. The molecule has 3 rings (SSSR count). The fraction of sp³-hybridized carbons (Fsp3) is 0.526. The van der Waals surface area contributed by atoms with Crippen LogP contribution in [0.3, 0.4) is 0 Å². The molecule has 0 aliphatic carbocycles. The number of alkyl halides is 3. The van der Waals surface area contributed by atoms with Crippen molar-refractivity contribution in [3.05, 3.63) is 29.3 Å². The van der Waals surface area contributed by atoms with Gasteiger partial charge in [0.1, 0.15) is 6.54 Å². The Morgan fingerprint density at radius 3 is 2.63 bits per heavy atom. The number of thioether (sulfide) groups is 1. The summed E-state index contributed by atoms with van der Waals surface area (Å²) in [7, 11) is 0. The molecule has 1 fully saturated rings. The minimum atomic E-state index is -4.44. The molecule has 1 aromatic carbocycles. The second-order valence-electron chi connectivity index (χ2n) is 7.15. The zero-order valence-electron chi connectivity index (χ0n) is 17.0. The number of hydrogen-bond acceptors (Lipinski definition) is 6. The van der Waals surface area contributed by atoms with Gasteiger partial charge >= 0.3 is 6.18 Å². The van der Waals surface area contributed by atoms with Crippen LogP contribution in [-0.4, -0.2) is 58.4 Å². The van der Waals surface area contributed by atoms with Crippen LogP contribution in [0.1, 0.15) is 18.1 Å². The molecule has 2 heterocycles. The number of halogens is 3. The predicted molar refractivity (Wildman–Crippen MR) is 109 cm³/mol. The van der Waals surface area contributed by atoms with Gasteiger partial charge in [-0.1, -0.05) is 23.9 Å². The molecule has 0 saturated carbocycles. The van der Waals surface area contributed by atoms with Crippen LogP contribution in [0.5, 0.6) is 0 Å². The van der Waals surface area contributed by atoms with Gasteiger partial charge in [-0.25, -0.2) is 0 Å². The van der Waals surface area contributed by atoms with E-state index in [1.807, 2.05) is 32.0 Å². The number of ether oxygens (including phenoxy) is 1. The van der Waals surface area contributed by atoms with Crippen LogP contribution >= 0.6 is 11.8 Å². The number of anilines is 2. The normalized spacial score (nSPS) is 15.9.